The Bertz CT molecular complexity index is 1130. The molecule has 2 N–H and O–H groups in total. The van der Waals surface area contributed by atoms with E-state index in [0.29, 0.717) is 17.9 Å². The van der Waals surface area contributed by atoms with E-state index in [4.69, 9.17) is 15.6 Å². The molecule has 0 radical (unpaired) electrons. The molecule has 0 amide bonds. The molecule has 0 spiro atoms. The monoisotopic (exact) mass is 403 g/mol. The molecule has 0 unspecified atom stereocenters. The van der Waals surface area contributed by atoms with Gasteiger partial charge in [0.25, 0.3) is 0 Å². The molecule has 9 heteroatoms. The van der Waals surface area contributed by atoms with Crippen molar-refractivity contribution in [3.8, 4) is 0 Å². The molecular weight excluding hydrogens is 387 g/mol. The first-order valence-electron chi connectivity index (χ1n) is 8.45. The highest BCUT2D eigenvalue weighted by molar-refractivity contribution is 6.21. The van der Waals surface area contributed by atoms with Crippen LogP contribution < -0.4 is 15.4 Å². The fraction of sp³-hybridized carbons (Fsp3) is 0.150. The second kappa shape index (κ2) is 7.42. The molecule has 0 saturated carbocycles. The van der Waals surface area contributed by atoms with Crippen molar-refractivity contribution in [2.75, 3.05) is 0 Å². The SMILES string of the molecule is C[n+]1ccc2cn(Cc3ccccc3)c3c2c1C=C(N)C3=O.O=C([O-])C(F)(F)F. The predicted molar refractivity (Wildman–Crippen MR) is 96.2 cm³/mol. The van der Waals surface area contributed by atoms with E-state index in [2.05, 4.69) is 12.1 Å². The van der Waals surface area contributed by atoms with Gasteiger partial charge in [-0.15, -0.1) is 0 Å². The minimum absolute atomic E-state index is 0.0929. The van der Waals surface area contributed by atoms with Crippen LogP contribution in [0.1, 0.15) is 21.7 Å². The van der Waals surface area contributed by atoms with Crippen LogP contribution in [0.5, 0.6) is 0 Å². The van der Waals surface area contributed by atoms with Crippen LogP contribution in [0.25, 0.3) is 16.8 Å². The fourth-order valence-electron chi connectivity index (χ4n) is 3.09. The minimum Gasteiger partial charge on any atom is -0.542 e. The maximum absolute atomic E-state index is 12.6. The van der Waals surface area contributed by atoms with Crippen molar-refractivity contribution in [3.63, 3.8) is 0 Å². The number of carbonyl (C=O) groups is 2. The summed E-state index contributed by atoms with van der Waals surface area (Å²) in [6.07, 6.45) is 0.601. The predicted octanol–water partition coefficient (Wildman–Crippen LogP) is 1.31. The molecule has 6 nitrogen and oxygen atoms in total. The molecule has 1 aliphatic carbocycles. The highest BCUT2D eigenvalue weighted by Gasteiger charge is 2.30. The van der Waals surface area contributed by atoms with Crippen molar-refractivity contribution in [3.05, 3.63) is 71.4 Å². The zero-order valence-electron chi connectivity index (χ0n) is 15.2. The lowest BCUT2D eigenvalue weighted by molar-refractivity contribution is -0.671. The summed E-state index contributed by atoms with van der Waals surface area (Å²) in [5.74, 6) is -3.10. The molecule has 2 heterocycles. The van der Waals surface area contributed by atoms with Crippen molar-refractivity contribution in [1.29, 1.82) is 0 Å². The van der Waals surface area contributed by atoms with Crippen LogP contribution in [0.15, 0.2) is 54.5 Å². The van der Waals surface area contributed by atoms with E-state index in [9.17, 15) is 18.0 Å². The molecule has 0 aliphatic heterocycles. The van der Waals surface area contributed by atoms with Gasteiger partial charge in [0.1, 0.15) is 18.7 Å². The first-order valence-corrected chi connectivity index (χ1v) is 8.45. The van der Waals surface area contributed by atoms with Crippen LogP contribution in [-0.4, -0.2) is 22.5 Å². The lowest BCUT2D eigenvalue weighted by Gasteiger charge is -2.12. The summed E-state index contributed by atoms with van der Waals surface area (Å²) in [5.41, 5.74) is 9.06. The molecule has 29 heavy (non-hydrogen) atoms. The van der Waals surface area contributed by atoms with Crippen molar-refractivity contribution in [2.24, 2.45) is 12.8 Å². The Morgan fingerprint density at radius 2 is 1.83 bits per heavy atom. The van der Waals surface area contributed by atoms with Crippen LogP contribution in [0, 0.1) is 0 Å². The summed E-state index contributed by atoms with van der Waals surface area (Å²) in [6.45, 7) is 0.660. The number of benzene rings is 1. The number of carboxylic acid groups (broad SMARTS) is 1. The van der Waals surface area contributed by atoms with Crippen molar-refractivity contribution >= 4 is 28.6 Å². The zero-order chi connectivity index (χ0) is 21.3. The first-order chi connectivity index (χ1) is 13.6. The molecule has 3 aromatic rings. The minimum atomic E-state index is -5.19. The Kier molecular flexibility index (Phi) is 5.15. The number of nitrogens with zero attached hydrogens (tertiary/aromatic N) is 2. The fourth-order valence-corrected chi connectivity index (χ4v) is 3.09. The molecule has 150 valence electrons. The number of aryl methyl sites for hydroxylation is 1. The number of ketones is 1. The number of carbonyl (C=O) groups excluding carboxylic acids is 2. The van der Waals surface area contributed by atoms with Crippen LogP contribution in [0.4, 0.5) is 13.2 Å². The van der Waals surface area contributed by atoms with E-state index in [1.54, 1.807) is 6.08 Å². The number of alkyl halides is 3. The third kappa shape index (κ3) is 3.98. The maximum atomic E-state index is 12.6. The first kappa shape index (κ1) is 20.1. The summed E-state index contributed by atoms with van der Waals surface area (Å²) in [6, 6.07) is 12.2. The van der Waals surface area contributed by atoms with Gasteiger partial charge in [-0.05, 0) is 5.56 Å². The number of carboxylic acids is 1. The van der Waals surface area contributed by atoms with Crippen LogP contribution >= 0.6 is 0 Å². The number of rotatable bonds is 2. The Morgan fingerprint density at radius 1 is 1.21 bits per heavy atom. The number of allylic oxidation sites excluding steroid dienone is 1. The second-order valence-electron chi connectivity index (χ2n) is 6.45. The third-order valence-electron chi connectivity index (χ3n) is 4.42. The average molecular weight is 403 g/mol. The molecule has 0 atom stereocenters. The van der Waals surface area contributed by atoms with Crippen LogP contribution in [0.3, 0.4) is 0 Å². The summed E-state index contributed by atoms with van der Waals surface area (Å²) >= 11 is 0. The highest BCUT2D eigenvalue weighted by atomic mass is 19.4. The van der Waals surface area contributed by atoms with Gasteiger partial charge >= 0.3 is 6.18 Å². The van der Waals surface area contributed by atoms with E-state index in [1.807, 2.05) is 52.8 Å². The molecule has 1 aliphatic rings. The van der Waals surface area contributed by atoms with E-state index in [0.717, 1.165) is 22.0 Å². The molecule has 0 fully saturated rings. The number of hydrogen-bond acceptors (Lipinski definition) is 4. The van der Waals surface area contributed by atoms with Gasteiger partial charge in [-0.1, -0.05) is 30.3 Å². The number of aromatic nitrogens is 2. The van der Waals surface area contributed by atoms with E-state index in [1.165, 1.54) is 0 Å². The molecule has 1 aromatic carbocycles. The highest BCUT2D eigenvalue weighted by Crippen LogP contribution is 2.30. The van der Waals surface area contributed by atoms with Crippen molar-refractivity contribution < 1.29 is 32.4 Å². The Balaban J connectivity index is 0.000000298. The van der Waals surface area contributed by atoms with Gasteiger partial charge in [0.2, 0.25) is 11.5 Å². The smallest absolute Gasteiger partial charge is 0.430 e. The van der Waals surface area contributed by atoms with Gasteiger partial charge in [-0.3, -0.25) is 4.79 Å². The number of aliphatic carboxylic acids is 1. The third-order valence-corrected chi connectivity index (χ3v) is 4.42. The lowest BCUT2D eigenvalue weighted by atomic mass is 10.0. The number of halogens is 3. The Morgan fingerprint density at radius 3 is 2.41 bits per heavy atom. The van der Waals surface area contributed by atoms with Gasteiger partial charge in [0.05, 0.1) is 11.1 Å². The van der Waals surface area contributed by atoms with E-state index < -0.39 is 12.1 Å². The number of nitrogens with two attached hydrogens (primary N) is 1. The van der Waals surface area contributed by atoms with Crippen LogP contribution in [-0.2, 0) is 18.4 Å². The Labute approximate surface area is 163 Å². The zero-order valence-corrected chi connectivity index (χ0v) is 15.2. The van der Waals surface area contributed by atoms with Gasteiger partial charge < -0.3 is 20.2 Å². The van der Waals surface area contributed by atoms with Crippen molar-refractivity contribution in [1.82, 2.24) is 4.57 Å². The summed E-state index contributed by atoms with van der Waals surface area (Å²) in [7, 11) is 1.96. The molecule has 4 rings (SSSR count). The lowest BCUT2D eigenvalue weighted by Crippen LogP contribution is -2.37. The summed E-state index contributed by atoms with van der Waals surface area (Å²) in [4.78, 5) is 21.3. The standard InChI is InChI=1S/C18H15N3O.C2HF3O2/c1-20-8-7-13-11-21(10-12-5-3-2-4-6-12)17-16(13)15(20)9-14(19)18(17)22;3-2(4,5)1(6)7/h2-9,11,19H,10H2,1H3;(H,6,7). The number of hydrogen-bond donors (Lipinski definition) is 1. The van der Waals surface area contributed by atoms with Gasteiger partial charge in [-0.2, -0.15) is 13.2 Å². The van der Waals surface area contributed by atoms with Crippen molar-refractivity contribution in [2.45, 2.75) is 12.7 Å². The molecule has 0 saturated heterocycles. The second-order valence-corrected chi connectivity index (χ2v) is 6.45. The average Bonchev–Trinajstić information content (AvgIpc) is 3.02. The molecule has 2 aromatic heterocycles. The normalized spacial score (nSPS) is 13.0. The summed E-state index contributed by atoms with van der Waals surface area (Å²) in [5, 5.41) is 10.8. The maximum Gasteiger partial charge on any atom is 0.430 e. The Hall–Kier alpha value is -3.62. The number of pyridine rings is 1. The largest absolute Gasteiger partial charge is 0.542 e. The van der Waals surface area contributed by atoms with Crippen LogP contribution in [0.2, 0.25) is 0 Å². The molecular formula is C20H16F3N3O3. The van der Waals surface area contributed by atoms with E-state index in [-0.39, 0.29) is 5.78 Å². The topological polar surface area (TPSA) is 92.0 Å². The molecule has 0 bridgehead atoms. The summed E-state index contributed by atoms with van der Waals surface area (Å²) < 4.78 is 35.6. The van der Waals surface area contributed by atoms with Gasteiger partial charge in [0.15, 0.2) is 6.20 Å². The van der Waals surface area contributed by atoms with E-state index >= 15 is 0 Å². The van der Waals surface area contributed by atoms with Gasteiger partial charge in [0, 0.05) is 30.3 Å². The van der Waals surface area contributed by atoms with Gasteiger partial charge in [-0.25, -0.2) is 4.57 Å². The number of Topliss-reactive ketones (excluding diaryl/α,β-unsaturated/α-hetero) is 1. The quantitative estimate of drug-likeness (QED) is 0.653.